The number of aromatic nitrogens is 1. The van der Waals surface area contributed by atoms with Gasteiger partial charge in [-0.05, 0) is 86.1 Å². The highest BCUT2D eigenvalue weighted by Crippen LogP contribution is 2.23. The number of para-hydroxylation sites is 1. The molecule has 0 saturated carbocycles. The molecule has 4 N–H and O–H groups in total. The van der Waals surface area contributed by atoms with E-state index in [9.17, 15) is 4.79 Å². The zero-order chi connectivity index (χ0) is 36.9. The van der Waals surface area contributed by atoms with Gasteiger partial charge in [-0.3, -0.25) is 9.78 Å². The van der Waals surface area contributed by atoms with E-state index in [4.69, 9.17) is 10.5 Å². The highest BCUT2D eigenvalue weighted by Gasteiger charge is 2.07. The van der Waals surface area contributed by atoms with Gasteiger partial charge in [-0.2, -0.15) is 0 Å². The third-order valence-electron chi connectivity index (χ3n) is 6.83. The second kappa shape index (κ2) is 26.7. The standard InChI is InChI=1S/C15H16N2O.C14H16N2OS.C13H20N2/c1-3-4-12-17(2)15(16-11-8-13-18)14-9-6-5-7-10-14;15-10-11-18-16-12-6-8-14(9-7-12)17-13-4-2-1-3-5-13;1-4-5-12-6-7-15-10-13(12)8-11(2)9-14-3/h4-11,13H,1,12H2,2H3;1-9,16H,10-11,15H2;6-8,10,14H,4-5,9H2,1-3H3/b11-8-,16-15?;;11-8+. The number of nitrogens with two attached hydrogens (primary N) is 1. The molecule has 9 heteroatoms. The molecule has 4 rings (SSSR count). The molecule has 0 bridgehead atoms. The van der Waals surface area contributed by atoms with Crippen molar-refractivity contribution in [3.05, 3.63) is 156 Å². The number of aryl methyl sites for hydroxylation is 1. The molecule has 0 aliphatic rings. The van der Waals surface area contributed by atoms with Crippen LogP contribution in [0, 0.1) is 0 Å². The maximum Gasteiger partial charge on any atom is 0.144 e. The summed E-state index contributed by atoms with van der Waals surface area (Å²) in [5.74, 6) is 3.36. The minimum absolute atomic E-state index is 0.659. The van der Waals surface area contributed by atoms with Crippen LogP contribution in [0.4, 0.5) is 5.69 Å². The van der Waals surface area contributed by atoms with E-state index in [-0.39, 0.29) is 0 Å². The Bertz CT molecular complexity index is 1670. The molecule has 1 heterocycles. The van der Waals surface area contributed by atoms with Gasteiger partial charge >= 0.3 is 0 Å². The molecule has 0 amide bonds. The lowest BCUT2D eigenvalue weighted by molar-refractivity contribution is -0.104. The van der Waals surface area contributed by atoms with Crippen LogP contribution in [0.3, 0.4) is 0 Å². The lowest BCUT2D eigenvalue weighted by Crippen LogP contribution is -2.27. The van der Waals surface area contributed by atoms with E-state index in [0.717, 1.165) is 47.3 Å². The van der Waals surface area contributed by atoms with Crippen molar-refractivity contribution >= 4 is 35.8 Å². The van der Waals surface area contributed by atoms with Crippen LogP contribution in [0.25, 0.3) is 6.08 Å². The van der Waals surface area contributed by atoms with E-state index in [1.54, 1.807) is 11.9 Å². The van der Waals surface area contributed by atoms with Gasteiger partial charge in [-0.25, -0.2) is 4.99 Å². The van der Waals surface area contributed by atoms with Crippen molar-refractivity contribution in [2.24, 2.45) is 10.7 Å². The lowest BCUT2D eigenvalue weighted by Gasteiger charge is -2.19. The van der Waals surface area contributed by atoms with Crippen LogP contribution in [-0.2, 0) is 11.2 Å². The molecule has 0 radical (unpaired) electrons. The number of hydrogen-bond acceptors (Lipinski definition) is 8. The van der Waals surface area contributed by atoms with Crippen LogP contribution in [0.5, 0.6) is 11.5 Å². The molecule has 3 aromatic carbocycles. The van der Waals surface area contributed by atoms with Crippen molar-refractivity contribution in [2.75, 3.05) is 44.2 Å². The molecule has 268 valence electrons. The largest absolute Gasteiger partial charge is 0.457 e. The summed E-state index contributed by atoms with van der Waals surface area (Å²) >= 11 is 1.60. The maximum atomic E-state index is 10.3. The predicted molar refractivity (Wildman–Crippen MR) is 218 cm³/mol. The van der Waals surface area contributed by atoms with Crippen LogP contribution < -0.4 is 20.5 Å². The van der Waals surface area contributed by atoms with Gasteiger partial charge < -0.3 is 25.4 Å². The SMILES string of the molecule is C=C=CCN(C)C(=N/C=C\C=O)c1ccccc1.CCCc1ccncc1/C=C(\C)CNC.NCCSNc1ccc(Oc2ccccc2)cc1. The smallest absolute Gasteiger partial charge is 0.144 e. The van der Waals surface area contributed by atoms with Gasteiger partial charge in [0.15, 0.2) is 0 Å². The molecule has 0 spiro atoms. The quantitative estimate of drug-likeness (QED) is 0.0203. The predicted octanol–water partition coefficient (Wildman–Crippen LogP) is 8.57. The number of nitrogens with one attached hydrogen (secondary N) is 2. The minimum atomic E-state index is 0.659. The van der Waals surface area contributed by atoms with Gasteiger partial charge in [0, 0.05) is 62.3 Å². The number of allylic oxidation sites excluding steroid dienone is 1. The summed E-state index contributed by atoms with van der Waals surface area (Å²) in [5.41, 5.74) is 14.2. The van der Waals surface area contributed by atoms with E-state index in [1.807, 2.05) is 122 Å². The summed E-state index contributed by atoms with van der Waals surface area (Å²) in [7, 11) is 3.89. The van der Waals surface area contributed by atoms with Crippen molar-refractivity contribution in [3.8, 4) is 11.5 Å². The Balaban J connectivity index is 0.000000267. The number of benzene rings is 3. The average Bonchev–Trinajstić information content (AvgIpc) is 3.15. The number of aldehydes is 1. The van der Waals surface area contributed by atoms with E-state index in [0.29, 0.717) is 19.4 Å². The van der Waals surface area contributed by atoms with Crippen LogP contribution >= 0.6 is 11.9 Å². The number of carbonyl (C=O) groups is 1. The molecule has 0 unspecified atom stereocenters. The molecular weight excluding hydrogens is 653 g/mol. The van der Waals surface area contributed by atoms with Gasteiger partial charge in [-0.15, -0.1) is 5.73 Å². The fraction of sp³-hybridized carbons (Fsp3) is 0.238. The highest BCUT2D eigenvalue weighted by atomic mass is 32.2. The van der Waals surface area contributed by atoms with Crippen molar-refractivity contribution in [2.45, 2.75) is 26.7 Å². The van der Waals surface area contributed by atoms with Crippen molar-refractivity contribution in [1.82, 2.24) is 15.2 Å². The number of aliphatic imine (C=N–C) groups is 1. The lowest BCUT2D eigenvalue weighted by atomic mass is 10.0. The molecule has 0 fully saturated rings. The highest BCUT2D eigenvalue weighted by molar-refractivity contribution is 8.00. The van der Waals surface area contributed by atoms with Crippen molar-refractivity contribution < 1.29 is 9.53 Å². The van der Waals surface area contributed by atoms with E-state index in [2.05, 4.69) is 58.3 Å². The number of amidine groups is 1. The zero-order valence-electron chi connectivity index (χ0n) is 30.3. The van der Waals surface area contributed by atoms with E-state index in [1.165, 1.54) is 35.4 Å². The Labute approximate surface area is 309 Å². The molecule has 0 aliphatic heterocycles. The van der Waals surface area contributed by atoms with Gasteiger partial charge in [0.05, 0.1) is 0 Å². The first kappa shape index (κ1) is 42.0. The number of ether oxygens (including phenoxy) is 1. The first-order valence-electron chi connectivity index (χ1n) is 16.9. The Morgan fingerprint density at radius 3 is 2.35 bits per heavy atom. The Morgan fingerprint density at radius 1 is 1.04 bits per heavy atom. The third-order valence-corrected chi connectivity index (χ3v) is 7.65. The number of likely N-dealkylation sites (N-methyl/N-ethyl adjacent to an activating group) is 2. The van der Waals surface area contributed by atoms with E-state index >= 15 is 0 Å². The van der Waals surface area contributed by atoms with Crippen LogP contribution in [0.1, 0.15) is 37.0 Å². The Hall–Kier alpha value is -5.18. The number of nitrogens with zero attached hydrogens (tertiary/aromatic N) is 3. The van der Waals surface area contributed by atoms with Crippen LogP contribution in [0.15, 0.2) is 145 Å². The number of rotatable bonds is 16. The van der Waals surface area contributed by atoms with E-state index < -0.39 is 0 Å². The molecule has 0 atom stereocenters. The maximum absolute atomic E-state index is 10.3. The number of carbonyl (C=O) groups excluding carboxylic acids is 1. The molecule has 1 aromatic heterocycles. The van der Waals surface area contributed by atoms with Gasteiger partial charge in [0.2, 0.25) is 0 Å². The summed E-state index contributed by atoms with van der Waals surface area (Å²) in [5, 5.41) is 3.15. The minimum Gasteiger partial charge on any atom is -0.457 e. The monoisotopic (exact) mass is 704 g/mol. The Morgan fingerprint density at radius 2 is 1.73 bits per heavy atom. The third kappa shape index (κ3) is 17.9. The molecule has 0 saturated heterocycles. The van der Waals surface area contributed by atoms with Crippen LogP contribution in [0.2, 0.25) is 0 Å². The fourth-order valence-corrected chi connectivity index (χ4v) is 5.01. The van der Waals surface area contributed by atoms with Crippen molar-refractivity contribution in [3.63, 3.8) is 0 Å². The van der Waals surface area contributed by atoms with Crippen LogP contribution in [-0.4, -0.2) is 61.5 Å². The molecule has 0 aliphatic carbocycles. The summed E-state index contributed by atoms with van der Waals surface area (Å²) in [6.07, 6.45) is 13.7. The number of anilines is 1. The number of hydrogen-bond donors (Lipinski definition) is 3. The van der Waals surface area contributed by atoms with Gasteiger partial charge in [0.25, 0.3) is 0 Å². The number of pyridine rings is 1. The van der Waals surface area contributed by atoms with Gasteiger partial charge in [-0.1, -0.05) is 92.1 Å². The summed E-state index contributed by atoms with van der Waals surface area (Å²) in [6, 6.07) is 29.5. The first-order valence-corrected chi connectivity index (χ1v) is 17.9. The summed E-state index contributed by atoms with van der Waals surface area (Å²) in [6.45, 7) is 10.1. The summed E-state index contributed by atoms with van der Waals surface area (Å²) < 4.78 is 8.92. The second-order valence-corrected chi connectivity index (χ2v) is 12.0. The zero-order valence-corrected chi connectivity index (χ0v) is 31.1. The molecule has 8 nitrogen and oxygen atoms in total. The van der Waals surface area contributed by atoms with Gasteiger partial charge in [0.1, 0.15) is 23.6 Å². The molecule has 51 heavy (non-hydrogen) atoms. The average molecular weight is 705 g/mol. The topological polar surface area (TPSA) is 105 Å². The molecular formula is C42H52N6O2S. The second-order valence-electron chi connectivity index (χ2n) is 11.1. The fourth-order valence-electron chi connectivity index (χ4n) is 4.48. The van der Waals surface area contributed by atoms with Crippen molar-refractivity contribution in [1.29, 1.82) is 0 Å². The Kier molecular flexibility index (Phi) is 21.9. The summed E-state index contributed by atoms with van der Waals surface area (Å²) in [4.78, 5) is 20.7. The molecule has 4 aromatic rings. The first-order chi connectivity index (χ1) is 24.9. The normalized spacial score (nSPS) is 10.9.